The number of ether oxygens (including phenoxy) is 1. The molecule has 2 heteroatoms. The minimum absolute atomic E-state index is 0.426. The van der Waals surface area contributed by atoms with Crippen LogP contribution in [0.25, 0.3) is 0 Å². The molecule has 0 unspecified atom stereocenters. The first-order valence-electron chi connectivity index (χ1n) is 7.25. The summed E-state index contributed by atoms with van der Waals surface area (Å²) < 4.78 is 6.03. The smallest absolute Gasteiger partial charge is 0.151 e. The molecule has 2 nitrogen and oxygen atoms in total. The van der Waals surface area contributed by atoms with E-state index in [-0.39, 0.29) is 0 Å². The van der Waals surface area contributed by atoms with E-state index in [0.29, 0.717) is 6.04 Å². The molecule has 1 atom stereocenters. The van der Waals surface area contributed by atoms with Crippen molar-refractivity contribution in [3.05, 3.63) is 60.7 Å². The standard InChI is InChI=1S/C18H17NO/c1-2-8-14(9-3-1)19-15-10-4-6-12-17(15)20-18-13-7-5-11-16(18)19/h2,4-8,10-14H,1,3,9H2/t14-/m0/s1. The number of para-hydroxylation sites is 4. The van der Waals surface area contributed by atoms with Crippen LogP contribution in [-0.4, -0.2) is 6.04 Å². The number of allylic oxidation sites excluding steroid dienone is 1. The molecule has 1 aliphatic carbocycles. The van der Waals surface area contributed by atoms with Crippen LogP contribution < -0.4 is 9.64 Å². The van der Waals surface area contributed by atoms with E-state index in [2.05, 4.69) is 41.3 Å². The fraction of sp³-hybridized carbons (Fsp3) is 0.222. The molecule has 1 aliphatic heterocycles. The summed E-state index contributed by atoms with van der Waals surface area (Å²) in [5, 5.41) is 0. The number of anilines is 2. The maximum absolute atomic E-state index is 6.03. The fourth-order valence-corrected chi connectivity index (χ4v) is 3.10. The minimum atomic E-state index is 0.426. The molecule has 2 aromatic rings. The van der Waals surface area contributed by atoms with Gasteiger partial charge in [-0.25, -0.2) is 0 Å². The first-order chi connectivity index (χ1) is 9.93. The zero-order chi connectivity index (χ0) is 13.4. The Morgan fingerprint density at radius 1 is 0.900 bits per heavy atom. The monoisotopic (exact) mass is 263 g/mol. The third-order valence-electron chi connectivity index (χ3n) is 4.03. The Morgan fingerprint density at radius 3 is 2.15 bits per heavy atom. The zero-order valence-electron chi connectivity index (χ0n) is 11.3. The average molecular weight is 263 g/mol. The van der Waals surface area contributed by atoms with Crippen molar-refractivity contribution in [1.82, 2.24) is 0 Å². The van der Waals surface area contributed by atoms with Crippen molar-refractivity contribution in [2.24, 2.45) is 0 Å². The Bertz CT molecular complexity index is 616. The Kier molecular flexibility index (Phi) is 2.73. The third-order valence-corrected chi connectivity index (χ3v) is 4.03. The molecule has 0 saturated heterocycles. The van der Waals surface area contributed by atoms with Gasteiger partial charge in [-0.1, -0.05) is 36.4 Å². The second-order valence-corrected chi connectivity index (χ2v) is 5.33. The summed E-state index contributed by atoms with van der Waals surface area (Å²) >= 11 is 0. The van der Waals surface area contributed by atoms with Crippen molar-refractivity contribution in [3.63, 3.8) is 0 Å². The summed E-state index contributed by atoms with van der Waals surface area (Å²) in [5.41, 5.74) is 2.34. The SMILES string of the molecule is C1=C[C@H](N2c3ccccc3Oc3ccccc32)CCC1. The highest BCUT2D eigenvalue weighted by Gasteiger charge is 2.28. The lowest BCUT2D eigenvalue weighted by Crippen LogP contribution is -2.32. The summed E-state index contributed by atoms with van der Waals surface area (Å²) in [7, 11) is 0. The van der Waals surface area contributed by atoms with Crippen LogP contribution in [0.5, 0.6) is 11.5 Å². The summed E-state index contributed by atoms with van der Waals surface area (Å²) in [6.45, 7) is 0. The number of hydrogen-bond donors (Lipinski definition) is 0. The van der Waals surface area contributed by atoms with Gasteiger partial charge in [-0.2, -0.15) is 0 Å². The Morgan fingerprint density at radius 2 is 1.55 bits per heavy atom. The maximum Gasteiger partial charge on any atom is 0.151 e. The molecule has 0 saturated carbocycles. The van der Waals surface area contributed by atoms with Gasteiger partial charge in [0.2, 0.25) is 0 Å². The Labute approximate surface area is 119 Å². The molecule has 0 radical (unpaired) electrons. The molecule has 0 amide bonds. The summed E-state index contributed by atoms with van der Waals surface area (Å²) in [5.74, 6) is 1.90. The van der Waals surface area contributed by atoms with Crippen LogP contribution in [0.2, 0.25) is 0 Å². The van der Waals surface area contributed by atoms with E-state index >= 15 is 0 Å². The van der Waals surface area contributed by atoms with Gasteiger partial charge in [0.25, 0.3) is 0 Å². The molecule has 100 valence electrons. The van der Waals surface area contributed by atoms with E-state index in [1.165, 1.54) is 30.6 Å². The molecular formula is C18H17NO. The van der Waals surface area contributed by atoms with Crippen molar-refractivity contribution in [3.8, 4) is 11.5 Å². The maximum atomic E-state index is 6.03. The molecule has 0 spiro atoms. The largest absolute Gasteiger partial charge is 0.453 e. The highest BCUT2D eigenvalue weighted by molar-refractivity contribution is 5.78. The molecule has 2 aromatic carbocycles. The second kappa shape index (κ2) is 4.71. The predicted molar refractivity (Wildman–Crippen MR) is 81.9 cm³/mol. The van der Waals surface area contributed by atoms with Gasteiger partial charge in [0.1, 0.15) is 0 Å². The fourth-order valence-electron chi connectivity index (χ4n) is 3.10. The van der Waals surface area contributed by atoms with Crippen LogP contribution in [-0.2, 0) is 0 Å². The molecule has 0 N–H and O–H groups in total. The van der Waals surface area contributed by atoms with Crippen LogP contribution in [0, 0.1) is 0 Å². The van der Waals surface area contributed by atoms with E-state index in [0.717, 1.165) is 11.5 Å². The van der Waals surface area contributed by atoms with Crippen LogP contribution in [0.3, 0.4) is 0 Å². The molecule has 1 heterocycles. The van der Waals surface area contributed by atoms with Gasteiger partial charge >= 0.3 is 0 Å². The van der Waals surface area contributed by atoms with Gasteiger partial charge in [-0.3, -0.25) is 0 Å². The van der Waals surface area contributed by atoms with Gasteiger partial charge in [-0.05, 0) is 43.5 Å². The minimum Gasteiger partial charge on any atom is -0.453 e. The van der Waals surface area contributed by atoms with Gasteiger partial charge in [0.15, 0.2) is 11.5 Å². The van der Waals surface area contributed by atoms with Crippen molar-refractivity contribution in [1.29, 1.82) is 0 Å². The van der Waals surface area contributed by atoms with Crippen LogP contribution in [0.4, 0.5) is 11.4 Å². The third kappa shape index (κ3) is 1.80. The topological polar surface area (TPSA) is 12.5 Å². The summed E-state index contributed by atoms with van der Waals surface area (Å²) in [6, 6.07) is 17.0. The lowest BCUT2D eigenvalue weighted by molar-refractivity contribution is 0.466. The molecule has 0 fully saturated rings. The molecule has 0 bridgehead atoms. The Hall–Kier alpha value is -2.22. The number of rotatable bonds is 1. The first kappa shape index (κ1) is 11.6. The number of hydrogen-bond acceptors (Lipinski definition) is 2. The molecule has 4 rings (SSSR count). The molecule has 0 aromatic heterocycles. The zero-order valence-corrected chi connectivity index (χ0v) is 11.3. The van der Waals surface area contributed by atoms with E-state index in [9.17, 15) is 0 Å². The van der Waals surface area contributed by atoms with Crippen LogP contribution in [0.15, 0.2) is 60.7 Å². The summed E-state index contributed by atoms with van der Waals surface area (Å²) in [6.07, 6.45) is 8.28. The number of benzene rings is 2. The van der Waals surface area contributed by atoms with Crippen LogP contribution >= 0.6 is 0 Å². The van der Waals surface area contributed by atoms with Gasteiger partial charge in [0, 0.05) is 0 Å². The number of nitrogens with zero attached hydrogens (tertiary/aromatic N) is 1. The van der Waals surface area contributed by atoms with E-state index < -0.39 is 0 Å². The molecule has 2 aliphatic rings. The van der Waals surface area contributed by atoms with E-state index in [1.54, 1.807) is 0 Å². The first-order valence-corrected chi connectivity index (χ1v) is 7.25. The van der Waals surface area contributed by atoms with E-state index in [4.69, 9.17) is 4.74 Å². The lowest BCUT2D eigenvalue weighted by atomic mass is 9.99. The normalized spacial score (nSPS) is 20.0. The predicted octanol–water partition coefficient (Wildman–Crippen LogP) is 5.04. The highest BCUT2D eigenvalue weighted by Crippen LogP contribution is 2.48. The summed E-state index contributed by atoms with van der Waals surface area (Å²) in [4.78, 5) is 2.42. The Balaban J connectivity index is 1.87. The second-order valence-electron chi connectivity index (χ2n) is 5.33. The highest BCUT2D eigenvalue weighted by atomic mass is 16.5. The van der Waals surface area contributed by atoms with Gasteiger partial charge < -0.3 is 9.64 Å². The average Bonchev–Trinajstić information content (AvgIpc) is 2.53. The van der Waals surface area contributed by atoms with Crippen molar-refractivity contribution >= 4 is 11.4 Å². The van der Waals surface area contributed by atoms with Crippen LogP contribution in [0.1, 0.15) is 19.3 Å². The van der Waals surface area contributed by atoms with Crippen molar-refractivity contribution in [2.45, 2.75) is 25.3 Å². The van der Waals surface area contributed by atoms with Gasteiger partial charge in [0.05, 0.1) is 17.4 Å². The quantitative estimate of drug-likeness (QED) is 0.668. The van der Waals surface area contributed by atoms with Crippen molar-refractivity contribution in [2.75, 3.05) is 4.90 Å². The van der Waals surface area contributed by atoms with Crippen molar-refractivity contribution < 1.29 is 4.74 Å². The van der Waals surface area contributed by atoms with E-state index in [1.807, 2.05) is 24.3 Å². The van der Waals surface area contributed by atoms with Gasteiger partial charge in [-0.15, -0.1) is 0 Å². The molecule has 20 heavy (non-hydrogen) atoms. The number of fused-ring (bicyclic) bond motifs is 2. The molecular weight excluding hydrogens is 246 g/mol. The lowest BCUT2D eigenvalue weighted by Gasteiger charge is -2.38.